The summed E-state index contributed by atoms with van der Waals surface area (Å²) in [6.45, 7) is 2.16. The van der Waals surface area contributed by atoms with Crippen LogP contribution in [0.25, 0.3) is 0 Å². The van der Waals surface area contributed by atoms with E-state index in [4.69, 9.17) is 21.1 Å². The third-order valence-corrected chi connectivity index (χ3v) is 4.88. The highest BCUT2D eigenvalue weighted by molar-refractivity contribution is 6.30. The SMILES string of the molecule is CN(Cc1ccc(Cl)c(F)c1)C1CCC2(CC1)OCCO2. The van der Waals surface area contributed by atoms with Crippen molar-refractivity contribution in [3.05, 3.63) is 34.6 Å². The number of benzene rings is 1. The smallest absolute Gasteiger partial charge is 0.168 e. The van der Waals surface area contributed by atoms with Crippen molar-refractivity contribution >= 4 is 11.6 Å². The highest BCUT2D eigenvalue weighted by atomic mass is 35.5. The Balaban J connectivity index is 1.56. The molecule has 0 unspecified atom stereocenters. The second-order valence-electron chi connectivity index (χ2n) is 6.00. The van der Waals surface area contributed by atoms with E-state index in [0.717, 1.165) is 37.8 Å². The van der Waals surface area contributed by atoms with Gasteiger partial charge in [-0.15, -0.1) is 0 Å². The molecule has 0 radical (unpaired) electrons. The number of hydrogen-bond donors (Lipinski definition) is 0. The molecule has 116 valence electrons. The first-order valence-electron chi connectivity index (χ1n) is 7.50. The van der Waals surface area contributed by atoms with Crippen LogP contribution in [0.3, 0.4) is 0 Å². The summed E-state index contributed by atoms with van der Waals surface area (Å²) in [6, 6.07) is 5.51. The Kier molecular flexibility index (Phi) is 4.50. The zero-order chi connectivity index (χ0) is 14.9. The van der Waals surface area contributed by atoms with Crippen molar-refractivity contribution in [3.8, 4) is 0 Å². The zero-order valence-corrected chi connectivity index (χ0v) is 13.0. The molecule has 1 aromatic carbocycles. The molecule has 3 rings (SSSR count). The van der Waals surface area contributed by atoms with Gasteiger partial charge in [0, 0.05) is 25.4 Å². The second-order valence-corrected chi connectivity index (χ2v) is 6.41. The average Bonchev–Trinajstić information content (AvgIpc) is 2.92. The van der Waals surface area contributed by atoms with Crippen molar-refractivity contribution in [3.63, 3.8) is 0 Å². The Hall–Kier alpha value is -0.680. The Labute approximate surface area is 130 Å². The van der Waals surface area contributed by atoms with Crippen LogP contribution in [0, 0.1) is 5.82 Å². The van der Waals surface area contributed by atoms with Gasteiger partial charge in [0.2, 0.25) is 0 Å². The summed E-state index contributed by atoms with van der Waals surface area (Å²) in [6.07, 6.45) is 3.98. The fraction of sp³-hybridized carbons (Fsp3) is 0.625. The number of rotatable bonds is 3. The van der Waals surface area contributed by atoms with Crippen molar-refractivity contribution in [2.45, 2.75) is 44.1 Å². The molecule has 0 aromatic heterocycles. The van der Waals surface area contributed by atoms with Gasteiger partial charge in [-0.3, -0.25) is 4.90 Å². The number of nitrogens with zero attached hydrogens (tertiary/aromatic N) is 1. The number of halogens is 2. The molecule has 1 spiro atoms. The first-order chi connectivity index (χ1) is 10.1. The largest absolute Gasteiger partial charge is 0.348 e. The summed E-state index contributed by atoms with van der Waals surface area (Å²) in [4.78, 5) is 2.28. The van der Waals surface area contributed by atoms with E-state index in [1.807, 2.05) is 6.07 Å². The van der Waals surface area contributed by atoms with Gasteiger partial charge in [-0.1, -0.05) is 17.7 Å². The van der Waals surface area contributed by atoms with Crippen LogP contribution in [0.15, 0.2) is 18.2 Å². The van der Waals surface area contributed by atoms with Crippen molar-refractivity contribution in [1.82, 2.24) is 4.90 Å². The van der Waals surface area contributed by atoms with Crippen molar-refractivity contribution < 1.29 is 13.9 Å². The molecule has 2 fully saturated rings. The standard InChI is InChI=1S/C16H21ClFNO2/c1-19(11-12-2-3-14(17)15(18)10-12)13-4-6-16(7-5-13)20-8-9-21-16/h2-3,10,13H,4-9,11H2,1H3. The fourth-order valence-electron chi connectivity index (χ4n) is 3.32. The van der Waals surface area contributed by atoms with Crippen LogP contribution in [0.4, 0.5) is 4.39 Å². The van der Waals surface area contributed by atoms with Crippen LogP contribution in [0.1, 0.15) is 31.2 Å². The van der Waals surface area contributed by atoms with Crippen molar-refractivity contribution in [1.29, 1.82) is 0 Å². The summed E-state index contributed by atoms with van der Waals surface area (Å²) < 4.78 is 25.0. The summed E-state index contributed by atoms with van der Waals surface area (Å²) >= 11 is 5.72. The third-order valence-electron chi connectivity index (χ3n) is 4.57. The molecule has 1 aromatic rings. The maximum atomic E-state index is 13.5. The number of hydrogen-bond acceptors (Lipinski definition) is 3. The highest BCUT2D eigenvalue weighted by Crippen LogP contribution is 2.37. The van der Waals surface area contributed by atoms with E-state index in [9.17, 15) is 4.39 Å². The monoisotopic (exact) mass is 313 g/mol. The van der Waals surface area contributed by atoms with Gasteiger partial charge in [-0.05, 0) is 37.6 Å². The molecule has 21 heavy (non-hydrogen) atoms. The Morgan fingerprint density at radius 1 is 1.29 bits per heavy atom. The van der Waals surface area contributed by atoms with E-state index in [-0.39, 0.29) is 16.6 Å². The minimum atomic E-state index is -0.349. The lowest BCUT2D eigenvalue weighted by atomic mass is 9.89. The quantitative estimate of drug-likeness (QED) is 0.851. The molecule has 0 bridgehead atoms. The maximum absolute atomic E-state index is 13.5. The fourth-order valence-corrected chi connectivity index (χ4v) is 3.44. The first-order valence-corrected chi connectivity index (χ1v) is 7.88. The second kappa shape index (κ2) is 6.21. The zero-order valence-electron chi connectivity index (χ0n) is 12.3. The Morgan fingerprint density at radius 2 is 1.95 bits per heavy atom. The summed E-state index contributed by atoms with van der Waals surface area (Å²) in [5.74, 6) is -0.665. The molecular weight excluding hydrogens is 293 g/mol. The van der Waals surface area contributed by atoms with Crippen LogP contribution < -0.4 is 0 Å². The van der Waals surface area contributed by atoms with Gasteiger partial charge in [0.25, 0.3) is 0 Å². The lowest BCUT2D eigenvalue weighted by Gasteiger charge is -2.39. The predicted octanol–water partition coefficient (Wildman–Crippen LogP) is 3.60. The minimum absolute atomic E-state index is 0.177. The molecule has 1 saturated carbocycles. The molecule has 1 saturated heterocycles. The van der Waals surface area contributed by atoms with Gasteiger partial charge >= 0.3 is 0 Å². The summed E-state index contributed by atoms with van der Waals surface area (Å²) in [7, 11) is 2.09. The Bertz CT molecular complexity index is 495. The molecule has 3 nitrogen and oxygen atoms in total. The molecule has 0 N–H and O–H groups in total. The maximum Gasteiger partial charge on any atom is 0.168 e. The summed E-state index contributed by atoms with van der Waals surface area (Å²) in [5, 5.41) is 0.177. The molecule has 1 aliphatic carbocycles. The van der Waals surface area contributed by atoms with E-state index in [0.29, 0.717) is 19.3 Å². The van der Waals surface area contributed by atoms with Gasteiger partial charge in [0.05, 0.1) is 18.2 Å². The van der Waals surface area contributed by atoms with Crippen LogP contribution in [-0.2, 0) is 16.0 Å². The van der Waals surface area contributed by atoms with Crippen molar-refractivity contribution in [2.24, 2.45) is 0 Å². The lowest BCUT2D eigenvalue weighted by Crippen LogP contribution is -2.42. The summed E-state index contributed by atoms with van der Waals surface area (Å²) in [5.41, 5.74) is 0.952. The van der Waals surface area contributed by atoms with Crippen LogP contribution in [-0.4, -0.2) is 37.0 Å². The van der Waals surface area contributed by atoms with Gasteiger partial charge in [0.1, 0.15) is 5.82 Å². The predicted molar refractivity (Wildman–Crippen MR) is 79.8 cm³/mol. The van der Waals surface area contributed by atoms with Gasteiger partial charge < -0.3 is 9.47 Å². The van der Waals surface area contributed by atoms with E-state index in [1.54, 1.807) is 6.07 Å². The third kappa shape index (κ3) is 3.39. The first kappa shape index (κ1) is 15.2. The normalized spacial score (nSPS) is 22.3. The highest BCUT2D eigenvalue weighted by Gasteiger charge is 2.40. The number of ether oxygens (including phenoxy) is 2. The Morgan fingerprint density at radius 3 is 2.57 bits per heavy atom. The van der Waals surface area contributed by atoms with E-state index < -0.39 is 0 Å². The minimum Gasteiger partial charge on any atom is -0.348 e. The molecule has 1 heterocycles. The van der Waals surface area contributed by atoms with Crippen LogP contribution in [0.2, 0.25) is 5.02 Å². The van der Waals surface area contributed by atoms with Gasteiger partial charge in [-0.25, -0.2) is 4.39 Å². The lowest BCUT2D eigenvalue weighted by molar-refractivity contribution is -0.183. The average molecular weight is 314 g/mol. The van der Waals surface area contributed by atoms with E-state index >= 15 is 0 Å². The topological polar surface area (TPSA) is 21.7 Å². The van der Waals surface area contributed by atoms with E-state index in [2.05, 4.69) is 11.9 Å². The molecule has 2 aliphatic rings. The molecule has 5 heteroatoms. The molecular formula is C16H21ClFNO2. The van der Waals surface area contributed by atoms with Gasteiger partial charge in [0.15, 0.2) is 5.79 Å². The van der Waals surface area contributed by atoms with Crippen LogP contribution >= 0.6 is 11.6 Å². The van der Waals surface area contributed by atoms with Crippen LogP contribution in [0.5, 0.6) is 0 Å². The molecule has 0 amide bonds. The van der Waals surface area contributed by atoms with Crippen molar-refractivity contribution in [2.75, 3.05) is 20.3 Å². The van der Waals surface area contributed by atoms with Gasteiger partial charge in [-0.2, -0.15) is 0 Å². The van der Waals surface area contributed by atoms with E-state index in [1.165, 1.54) is 6.07 Å². The molecule has 1 aliphatic heterocycles. The molecule has 0 atom stereocenters.